The van der Waals surface area contributed by atoms with Crippen LogP contribution in [0, 0.1) is 6.92 Å². The van der Waals surface area contributed by atoms with E-state index in [0.29, 0.717) is 0 Å². The standard InChI is InChI=1S/C14H14N4S/c1-9-6-7-13(19-9)14(18-15)12-8-16-10-4-2-3-5-11(10)17-12/h2-8,14,18H,15H2,1H3. The van der Waals surface area contributed by atoms with Crippen molar-refractivity contribution in [2.75, 3.05) is 0 Å². The minimum Gasteiger partial charge on any atom is -0.270 e. The summed E-state index contributed by atoms with van der Waals surface area (Å²) in [5.74, 6) is 5.68. The third kappa shape index (κ3) is 2.35. The molecule has 3 aromatic rings. The van der Waals surface area contributed by atoms with Gasteiger partial charge in [-0.25, -0.2) is 10.4 Å². The zero-order valence-corrected chi connectivity index (χ0v) is 11.3. The summed E-state index contributed by atoms with van der Waals surface area (Å²) in [6, 6.07) is 11.9. The van der Waals surface area contributed by atoms with Crippen LogP contribution in [0.25, 0.3) is 11.0 Å². The van der Waals surface area contributed by atoms with E-state index in [9.17, 15) is 0 Å². The Morgan fingerprint density at radius 1 is 1.16 bits per heavy atom. The van der Waals surface area contributed by atoms with Crippen LogP contribution < -0.4 is 11.3 Å². The van der Waals surface area contributed by atoms with E-state index in [1.807, 2.05) is 24.3 Å². The molecule has 0 aliphatic heterocycles. The van der Waals surface area contributed by atoms with E-state index in [2.05, 4.69) is 34.5 Å². The lowest BCUT2D eigenvalue weighted by Gasteiger charge is -2.13. The summed E-state index contributed by atoms with van der Waals surface area (Å²) in [4.78, 5) is 11.5. The molecule has 1 atom stereocenters. The first-order valence-corrected chi connectivity index (χ1v) is 6.84. The van der Waals surface area contributed by atoms with Gasteiger partial charge in [0.1, 0.15) is 0 Å². The van der Waals surface area contributed by atoms with E-state index >= 15 is 0 Å². The highest BCUT2D eigenvalue weighted by molar-refractivity contribution is 7.12. The zero-order valence-electron chi connectivity index (χ0n) is 10.5. The number of benzene rings is 1. The maximum atomic E-state index is 5.68. The van der Waals surface area contributed by atoms with E-state index in [0.717, 1.165) is 21.6 Å². The summed E-state index contributed by atoms with van der Waals surface area (Å²) < 4.78 is 0. The number of nitrogens with zero attached hydrogens (tertiary/aromatic N) is 2. The Hall–Kier alpha value is -1.82. The quantitative estimate of drug-likeness (QED) is 0.567. The van der Waals surface area contributed by atoms with Crippen LogP contribution in [0.1, 0.15) is 21.5 Å². The van der Waals surface area contributed by atoms with Crippen molar-refractivity contribution in [1.82, 2.24) is 15.4 Å². The van der Waals surface area contributed by atoms with Crippen LogP contribution in [0.3, 0.4) is 0 Å². The summed E-state index contributed by atoms with van der Waals surface area (Å²) in [6.07, 6.45) is 1.78. The van der Waals surface area contributed by atoms with Gasteiger partial charge in [-0.05, 0) is 31.2 Å². The van der Waals surface area contributed by atoms with Crippen LogP contribution in [0.4, 0.5) is 0 Å². The van der Waals surface area contributed by atoms with Gasteiger partial charge in [-0.1, -0.05) is 12.1 Å². The highest BCUT2D eigenvalue weighted by Gasteiger charge is 2.16. The molecule has 3 N–H and O–H groups in total. The van der Waals surface area contributed by atoms with E-state index in [4.69, 9.17) is 5.84 Å². The monoisotopic (exact) mass is 270 g/mol. The van der Waals surface area contributed by atoms with Gasteiger partial charge in [0.15, 0.2) is 0 Å². The first-order valence-electron chi connectivity index (χ1n) is 6.02. The summed E-state index contributed by atoms with van der Waals surface area (Å²) in [7, 11) is 0. The van der Waals surface area contributed by atoms with Crippen molar-refractivity contribution in [2.45, 2.75) is 13.0 Å². The lowest BCUT2D eigenvalue weighted by molar-refractivity contribution is 0.630. The second kappa shape index (κ2) is 5.05. The minimum atomic E-state index is -0.115. The SMILES string of the molecule is Cc1ccc(C(NN)c2cnc3ccccc3n2)s1. The van der Waals surface area contributed by atoms with Gasteiger partial charge in [0.2, 0.25) is 0 Å². The number of nitrogens with one attached hydrogen (secondary N) is 1. The molecule has 2 aromatic heterocycles. The summed E-state index contributed by atoms with van der Waals surface area (Å²) in [6.45, 7) is 2.08. The number of aromatic nitrogens is 2. The average molecular weight is 270 g/mol. The smallest absolute Gasteiger partial charge is 0.0989 e. The van der Waals surface area contributed by atoms with Crippen LogP contribution in [-0.2, 0) is 0 Å². The highest BCUT2D eigenvalue weighted by atomic mass is 32.1. The minimum absolute atomic E-state index is 0.115. The molecular weight excluding hydrogens is 256 g/mol. The van der Waals surface area contributed by atoms with E-state index in [1.165, 1.54) is 4.88 Å². The Labute approximate surface area is 115 Å². The Morgan fingerprint density at radius 2 is 1.95 bits per heavy atom. The Bertz CT molecular complexity index is 707. The molecule has 0 bridgehead atoms. The fourth-order valence-corrected chi connectivity index (χ4v) is 2.98. The van der Waals surface area contributed by atoms with Gasteiger partial charge in [-0.2, -0.15) is 0 Å². The maximum absolute atomic E-state index is 5.68. The third-order valence-electron chi connectivity index (χ3n) is 2.98. The van der Waals surface area contributed by atoms with Crippen molar-refractivity contribution >= 4 is 22.4 Å². The van der Waals surface area contributed by atoms with Crippen molar-refractivity contribution in [3.05, 3.63) is 58.0 Å². The fraction of sp³-hybridized carbons (Fsp3) is 0.143. The van der Waals surface area contributed by atoms with Crippen LogP contribution in [0.2, 0.25) is 0 Å². The average Bonchev–Trinajstić information content (AvgIpc) is 2.86. The number of hydrazine groups is 1. The number of fused-ring (bicyclic) bond motifs is 1. The summed E-state index contributed by atoms with van der Waals surface area (Å²) in [5.41, 5.74) is 5.43. The second-order valence-electron chi connectivity index (χ2n) is 4.33. The van der Waals surface area contributed by atoms with E-state index < -0.39 is 0 Å². The molecule has 0 aliphatic rings. The predicted molar refractivity (Wildman–Crippen MR) is 77.8 cm³/mol. The number of hydrogen-bond acceptors (Lipinski definition) is 5. The topological polar surface area (TPSA) is 63.8 Å². The molecule has 0 aliphatic carbocycles. The summed E-state index contributed by atoms with van der Waals surface area (Å²) >= 11 is 1.71. The highest BCUT2D eigenvalue weighted by Crippen LogP contribution is 2.27. The van der Waals surface area contributed by atoms with Crippen LogP contribution >= 0.6 is 11.3 Å². The number of nitrogens with two attached hydrogens (primary N) is 1. The van der Waals surface area contributed by atoms with Gasteiger partial charge in [0, 0.05) is 9.75 Å². The van der Waals surface area contributed by atoms with Gasteiger partial charge in [0.05, 0.1) is 29.0 Å². The van der Waals surface area contributed by atoms with Crippen molar-refractivity contribution in [1.29, 1.82) is 0 Å². The second-order valence-corrected chi connectivity index (χ2v) is 5.65. The van der Waals surface area contributed by atoms with E-state index in [1.54, 1.807) is 17.5 Å². The first-order chi connectivity index (χ1) is 9.28. The lowest BCUT2D eigenvalue weighted by atomic mass is 10.2. The Balaban J connectivity index is 2.06. The van der Waals surface area contributed by atoms with Crippen molar-refractivity contribution in [3.8, 4) is 0 Å². The van der Waals surface area contributed by atoms with Gasteiger partial charge in [0.25, 0.3) is 0 Å². The predicted octanol–water partition coefficient (Wildman–Crippen LogP) is 2.55. The molecule has 4 nitrogen and oxygen atoms in total. The molecule has 19 heavy (non-hydrogen) atoms. The molecule has 5 heteroatoms. The van der Waals surface area contributed by atoms with Crippen LogP contribution in [-0.4, -0.2) is 9.97 Å². The van der Waals surface area contributed by atoms with Crippen LogP contribution in [0.15, 0.2) is 42.6 Å². The maximum Gasteiger partial charge on any atom is 0.0989 e. The summed E-state index contributed by atoms with van der Waals surface area (Å²) in [5, 5.41) is 0. The van der Waals surface area contributed by atoms with Gasteiger partial charge >= 0.3 is 0 Å². The number of rotatable bonds is 3. The normalized spacial score (nSPS) is 12.7. The third-order valence-corrected chi connectivity index (χ3v) is 4.04. The fourth-order valence-electron chi connectivity index (χ4n) is 2.03. The molecule has 0 saturated carbocycles. The molecular formula is C14H14N4S. The lowest BCUT2D eigenvalue weighted by Crippen LogP contribution is -2.29. The number of thiophene rings is 1. The first kappa shape index (κ1) is 12.2. The molecule has 0 fully saturated rings. The van der Waals surface area contributed by atoms with Gasteiger partial charge < -0.3 is 0 Å². The van der Waals surface area contributed by atoms with Crippen molar-refractivity contribution in [2.24, 2.45) is 5.84 Å². The molecule has 96 valence electrons. The molecule has 0 saturated heterocycles. The molecule has 2 heterocycles. The molecule has 0 radical (unpaired) electrons. The Kier molecular flexibility index (Phi) is 3.25. The van der Waals surface area contributed by atoms with Crippen molar-refractivity contribution < 1.29 is 0 Å². The van der Waals surface area contributed by atoms with Gasteiger partial charge in [-0.3, -0.25) is 10.8 Å². The zero-order chi connectivity index (χ0) is 13.2. The van der Waals surface area contributed by atoms with E-state index in [-0.39, 0.29) is 6.04 Å². The molecule has 1 unspecified atom stereocenters. The molecule has 0 spiro atoms. The van der Waals surface area contributed by atoms with Gasteiger partial charge in [-0.15, -0.1) is 11.3 Å². The molecule has 1 aromatic carbocycles. The number of hydrogen-bond donors (Lipinski definition) is 2. The molecule has 0 amide bonds. The molecule has 3 rings (SSSR count). The number of para-hydroxylation sites is 2. The largest absolute Gasteiger partial charge is 0.270 e. The number of aryl methyl sites for hydroxylation is 1. The Morgan fingerprint density at radius 3 is 2.63 bits per heavy atom. The van der Waals surface area contributed by atoms with Crippen LogP contribution in [0.5, 0.6) is 0 Å². The van der Waals surface area contributed by atoms with Crippen molar-refractivity contribution in [3.63, 3.8) is 0 Å².